The average molecular weight is 376 g/mol. The zero-order valence-corrected chi connectivity index (χ0v) is 13.9. The number of hydrogen-bond acceptors (Lipinski definition) is 9. The molecule has 2 aromatic rings. The van der Waals surface area contributed by atoms with E-state index in [1.807, 2.05) is 0 Å². The number of carbonyl (C=O) groups excluding carboxylic acids is 1. The summed E-state index contributed by atoms with van der Waals surface area (Å²) in [4.78, 5) is 27.4. The van der Waals surface area contributed by atoms with Crippen molar-refractivity contribution in [1.29, 1.82) is 0 Å². The SMILES string of the molecule is Nc1nc(/C(=N/O)C(=O)N[C@@H]2Cc3cccc(C(=O)O)c3OB2O)cs1. The second kappa shape index (κ2) is 7.02. The van der Waals surface area contributed by atoms with Crippen molar-refractivity contribution in [2.45, 2.75) is 12.4 Å². The summed E-state index contributed by atoms with van der Waals surface area (Å²) in [6.45, 7) is 0. The highest BCUT2D eigenvalue weighted by Crippen LogP contribution is 2.30. The molecule has 1 aliphatic rings. The van der Waals surface area contributed by atoms with Gasteiger partial charge in [0.25, 0.3) is 5.91 Å². The van der Waals surface area contributed by atoms with Crippen LogP contribution in [0.3, 0.4) is 0 Å². The molecule has 0 saturated heterocycles. The van der Waals surface area contributed by atoms with Crippen LogP contribution in [0.5, 0.6) is 5.75 Å². The zero-order valence-electron chi connectivity index (χ0n) is 13.1. The van der Waals surface area contributed by atoms with Crippen LogP contribution >= 0.6 is 11.3 Å². The maximum absolute atomic E-state index is 12.3. The van der Waals surface area contributed by atoms with Gasteiger partial charge in [-0.15, -0.1) is 11.3 Å². The van der Waals surface area contributed by atoms with Crippen molar-refractivity contribution in [2.75, 3.05) is 5.73 Å². The maximum atomic E-state index is 12.3. The Morgan fingerprint density at radius 2 is 2.23 bits per heavy atom. The number of carboxylic acids is 1. The van der Waals surface area contributed by atoms with Gasteiger partial charge in [0.2, 0.25) is 0 Å². The molecule has 1 aliphatic heterocycles. The normalized spacial score (nSPS) is 16.6. The molecule has 1 aromatic heterocycles. The van der Waals surface area contributed by atoms with Crippen LogP contribution in [-0.4, -0.2) is 51.0 Å². The highest BCUT2D eigenvalue weighted by molar-refractivity contribution is 7.13. The molecule has 12 heteroatoms. The molecule has 0 aliphatic carbocycles. The molecule has 10 nitrogen and oxygen atoms in total. The summed E-state index contributed by atoms with van der Waals surface area (Å²) in [5.74, 6) is -2.80. The van der Waals surface area contributed by atoms with Gasteiger partial charge < -0.3 is 31.0 Å². The Balaban J connectivity index is 1.80. The number of anilines is 1. The molecular weight excluding hydrogens is 363 g/mol. The lowest BCUT2D eigenvalue weighted by Gasteiger charge is -2.28. The first-order valence-corrected chi connectivity index (χ1v) is 8.23. The summed E-state index contributed by atoms with van der Waals surface area (Å²) in [6.07, 6.45) is 0.126. The van der Waals surface area contributed by atoms with E-state index in [1.165, 1.54) is 11.4 Å². The third kappa shape index (κ3) is 3.32. The number of aromatic nitrogens is 1. The van der Waals surface area contributed by atoms with Crippen molar-refractivity contribution in [3.8, 4) is 5.75 Å². The van der Waals surface area contributed by atoms with Gasteiger partial charge in [0.1, 0.15) is 11.4 Å². The Kier molecular flexibility index (Phi) is 4.78. The van der Waals surface area contributed by atoms with Crippen LogP contribution in [0.25, 0.3) is 0 Å². The molecule has 3 rings (SSSR count). The number of thiazole rings is 1. The molecule has 0 radical (unpaired) electrons. The summed E-state index contributed by atoms with van der Waals surface area (Å²) >= 11 is 1.07. The predicted molar refractivity (Wildman–Crippen MR) is 92.5 cm³/mol. The number of carboxylic acid groups (broad SMARTS) is 1. The standard InChI is InChI=1S/C14H13BN4O6S/c16-14-17-8(5-26-14)10(19-24)12(20)18-9-4-6-2-1-3-7(13(21)22)11(6)25-15(9)23/h1-3,5,9,23-24H,4H2,(H2,16,17)(H,18,20)(H,21,22)/b19-10-/t9-/m1/s1. The third-order valence-corrected chi connectivity index (χ3v) is 4.42. The number of rotatable bonds is 4. The zero-order chi connectivity index (χ0) is 18.8. The Morgan fingerprint density at radius 3 is 2.85 bits per heavy atom. The van der Waals surface area contributed by atoms with Crippen LogP contribution < -0.4 is 15.7 Å². The Morgan fingerprint density at radius 1 is 1.46 bits per heavy atom. The number of nitrogens with zero attached hydrogens (tertiary/aromatic N) is 2. The van der Waals surface area contributed by atoms with Crippen LogP contribution in [0.4, 0.5) is 5.13 Å². The quantitative estimate of drug-likeness (QED) is 0.211. The minimum absolute atomic E-state index is 0.0568. The van der Waals surface area contributed by atoms with E-state index in [2.05, 4.69) is 15.5 Å². The Labute approximate surface area is 151 Å². The van der Waals surface area contributed by atoms with E-state index in [9.17, 15) is 19.7 Å². The lowest BCUT2D eigenvalue weighted by atomic mass is 9.72. The topological polar surface area (TPSA) is 167 Å². The van der Waals surface area contributed by atoms with Crippen molar-refractivity contribution in [1.82, 2.24) is 10.3 Å². The molecule has 0 bridgehead atoms. The molecule has 0 saturated carbocycles. The van der Waals surface area contributed by atoms with Gasteiger partial charge in [-0.3, -0.25) is 4.79 Å². The Bertz CT molecular complexity index is 901. The number of nitrogens with one attached hydrogen (secondary N) is 1. The number of amides is 1. The van der Waals surface area contributed by atoms with Gasteiger partial charge in [-0.25, -0.2) is 9.78 Å². The Hall–Kier alpha value is -3.12. The first-order chi connectivity index (χ1) is 12.4. The van der Waals surface area contributed by atoms with Gasteiger partial charge in [-0.05, 0) is 18.1 Å². The van der Waals surface area contributed by atoms with E-state index in [0.717, 1.165) is 11.3 Å². The fraction of sp³-hybridized carbons (Fsp3) is 0.143. The maximum Gasteiger partial charge on any atom is 0.547 e. The van der Waals surface area contributed by atoms with Crippen molar-refractivity contribution in [2.24, 2.45) is 5.16 Å². The minimum Gasteiger partial charge on any atom is -0.534 e. The lowest BCUT2D eigenvalue weighted by molar-refractivity contribution is -0.115. The molecule has 1 aromatic carbocycles. The van der Waals surface area contributed by atoms with E-state index < -0.39 is 24.9 Å². The molecule has 2 heterocycles. The number of benzene rings is 1. The average Bonchev–Trinajstić information content (AvgIpc) is 3.01. The fourth-order valence-electron chi connectivity index (χ4n) is 2.56. The molecule has 1 amide bonds. The van der Waals surface area contributed by atoms with Gasteiger partial charge in [0.05, 0.1) is 11.5 Å². The van der Waals surface area contributed by atoms with Gasteiger partial charge in [0, 0.05) is 5.38 Å². The summed E-state index contributed by atoms with van der Waals surface area (Å²) < 4.78 is 5.29. The van der Waals surface area contributed by atoms with Crippen LogP contribution in [-0.2, 0) is 11.2 Å². The molecule has 134 valence electrons. The van der Waals surface area contributed by atoms with Gasteiger partial charge >= 0.3 is 13.1 Å². The van der Waals surface area contributed by atoms with Gasteiger partial charge in [-0.1, -0.05) is 17.3 Å². The minimum atomic E-state index is -1.48. The van der Waals surface area contributed by atoms with Crippen molar-refractivity contribution in [3.05, 3.63) is 40.4 Å². The number of para-hydroxylation sites is 1. The van der Waals surface area contributed by atoms with Crippen LogP contribution in [0.1, 0.15) is 21.6 Å². The lowest BCUT2D eigenvalue weighted by Crippen LogP contribution is -2.54. The highest BCUT2D eigenvalue weighted by Gasteiger charge is 2.38. The second-order valence-electron chi connectivity index (χ2n) is 5.41. The third-order valence-electron chi connectivity index (χ3n) is 3.75. The van der Waals surface area contributed by atoms with Crippen LogP contribution in [0, 0.1) is 0 Å². The molecule has 26 heavy (non-hydrogen) atoms. The number of nitrogens with two attached hydrogens (primary N) is 1. The van der Waals surface area contributed by atoms with Gasteiger partial charge in [-0.2, -0.15) is 0 Å². The molecule has 6 N–H and O–H groups in total. The summed E-state index contributed by atoms with van der Waals surface area (Å²) in [6, 6.07) is 4.53. The summed E-state index contributed by atoms with van der Waals surface area (Å²) in [5, 5.41) is 35.5. The molecule has 1 atom stereocenters. The first-order valence-electron chi connectivity index (χ1n) is 7.35. The number of nitrogen functional groups attached to an aromatic ring is 1. The monoisotopic (exact) mass is 376 g/mol. The number of fused-ring (bicyclic) bond motifs is 1. The van der Waals surface area contributed by atoms with E-state index >= 15 is 0 Å². The van der Waals surface area contributed by atoms with Crippen molar-refractivity contribution in [3.63, 3.8) is 0 Å². The fourth-order valence-corrected chi connectivity index (χ4v) is 3.11. The number of oxime groups is 1. The number of aromatic carboxylic acids is 1. The number of carbonyl (C=O) groups is 2. The van der Waals surface area contributed by atoms with Gasteiger partial charge in [0.15, 0.2) is 10.8 Å². The van der Waals surface area contributed by atoms with Crippen molar-refractivity contribution < 1.29 is 29.6 Å². The second-order valence-corrected chi connectivity index (χ2v) is 6.30. The van der Waals surface area contributed by atoms with Crippen molar-refractivity contribution >= 4 is 41.2 Å². The van der Waals surface area contributed by atoms with E-state index in [4.69, 9.17) is 15.6 Å². The largest absolute Gasteiger partial charge is 0.547 e. The summed E-state index contributed by atoms with van der Waals surface area (Å²) in [5.41, 5.74) is 5.66. The molecule has 0 unspecified atom stereocenters. The van der Waals surface area contributed by atoms with E-state index in [-0.39, 0.29) is 34.3 Å². The summed E-state index contributed by atoms with van der Waals surface area (Å²) in [7, 11) is -1.48. The molecular formula is C14H13BN4O6S. The highest BCUT2D eigenvalue weighted by atomic mass is 32.1. The first kappa shape index (κ1) is 17.7. The predicted octanol–water partition coefficient (Wildman–Crippen LogP) is -0.259. The smallest absolute Gasteiger partial charge is 0.534 e. The van der Waals surface area contributed by atoms with E-state index in [1.54, 1.807) is 12.1 Å². The van der Waals surface area contributed by atoms with Crippen LogP contribution in [0.2, 0.25) is 0 Å². The van der Waals surface area contributed by atoms with E-state index in [0.29, 0.717) is 5.56 Å². The van der Waals surface area contributed by atoms with Crippen LogP contribution in [0.15, 0.2) is 28.7 Å². The molecule has 0 fully saturated rings. The molecule has 0 spiro atoms. The number of hydrogen-bond donors (Lipinski definition) is 5.